The van der Waals surface area contributed by atoms with Crippen LogP contribution in [0.3, 0.4) is 0 Å². The lowest BCUT2D eigenvalue weighted by atomic mass is 10.1. The summed E-state index contributed by atoms with van der Waals surface area (Å²) in [6.07, 6.45) is 0. The molecule has 0 spiro atoms. The number of anilines is 1. The Labute approximate surface area is 92.5 Å². The molecule has 0 fully saturated rings. The van der Waals surface area contributed by atoms with Gasteiger partial charge in [-0.15, -0.1) is 0 Å². The van der Waals surface area contributed by atoms with Gasteiger partial charge >= 0.3 is 0 Å². The highest BCUT2D eigenvalue weighted by atomic mass is 16.6. The molecule has 0 aliphatic heterocycles. The molecule has 0 atom stereocenters. The first-order chi connectivity index (χ1) is 7.60. The number of nitro benzene ring substituents is 1. The summed E-state index contributed by atoms with van der Waals surface area (Å²) < 4.78 is 0. The van der Waals surface area contributed by atoms with E-state index in [2.05, 4.69) is 0 Å². The second-order valence-corrected chi connectivity index (χ2v) is 3.22. The molecule has 16 heavy (non-hydrogen) atoms. The van der Waals surface area contributed by atoms with Gasteiger partial charge in [-0.05, 0) is 12.1 Å². The lowest BCUT2D eigenvalue weighted by Gasteiger charge is -2.17. The highest BCUT2D eigenvalue weighted by Gasteiger charge is 2.15. The molecule has 1 rings (SSSR count). The van der Waals surface area contributed by atoms with Crippen LogP contribution in [-0.4, -0.2) is 30.2 Å². The summed E-state index contributed by atoms with van der Waals surface area (Å²) in [6, 6.07) is 6.11. The largest absolute Gasteiger partial charge is 0.395 e. The fourth-order valence-electron chi connectivity index (χ4n) is 1.28. The van der Waals surface area contributed by atoms with Crippen LogP contribution in [0.1, 0.15) is 5.56 Å². The first kappa shape index (κ1) is 11.9. The van der Waals surface area contributed by atoms with Crippen molar-refractivity contribution in [2.75, 3.05) is 25.1 Å². The third-order valence-corrected chi connectivity index (χ3v) is 2.17. The zero-order valence-electron chi connectivity index (χ0n) is 8.75. The summed E-state index contributed by atoms with van der Waals surface area (Å²) in [4.78, 5) is 11.8. The van der Waals surface area contributed by atoms with E-state index in [9.17, 15) is 10.1 Å². The van der Waals surface area contributed by atoms with Gasteiger partial charge in [0.1, 0.15) is 11.6 Å². The highest BCUT2D eigenvalue weighted by molar-refractivity contribution is 5.60. The van der Waals surface area contributed by atoms with E-state index < -0.39 is 4.92 Å². The maximum atomic E-state index is 10.7. The summed E-state index contributed by atoms with van der Waals surface area (Å²) in [5, 5.41) is 28.1. The van der Waals surface area contributed by atoms with Crippen LogP contribution in [0.2, 0.25) is 0 Å². The zero-order valence-corrected chi connectivity index (χ0v) is 8.75. The SMILES string of the molecule is CN(CCO)c1ccc(C#N)c([N+](=O)[O-])c1. The van der Waals surface area contributed by atoms with Crippen molar-refractivity contribution < 1.29 is 10.0 Å². The first-order valence-corrected chi connectivity index (χ1v) is 4.60. The Kier molecular flexibility index (Phi) is 3.80. The van der Waals surface area contributed by atoms with Crippen LogP contribution in [0.25, 0.3) is 0 Å². The molecule has 0 amide bonds. The third kappa shape index (κ3) is 2.46. The molecule has 6 heteroatoms. The summed E-state index contributed by atoms with van der Waals surface area (Å²) in [5.41, 5.74) is 0.413. The fraction of sp³-hybridized carbons (Fsp3) is 0.300. The van der Waals surface area contributed by atoms with Crippen molar-refractivity contribution in [3.63, 3.8) is 0 Å². The van der Waals surface area contributed by atoms with Gasteiger partial charge in [-0.2, -0.15) is 5.26 Å². The maximum absolute atomic E-state index is 10.7. The van der Waals surface area contributed by atoms with Crippen molar-refractivity contribution in [2.24, 2.45) is 0 Å². The van der Waals surface area contributed by atoms with Crippen LogP contribution in [0.15, 0.2) is 18.2 Å². The minimum atomic E-state index is -0.588. The van der Waals surface area contributed by atoms with Crippen LogP contribution in [0.4, 0.5) is 11.4 Å². The first-order valence-electron chi connectivity index (χ1n) is 4.60. The molecule has 0 aromatic heterocycles. The molecule has 0 heterocycles. The lowest BCUT2D eigenvalue weighted by Crippen LogP contribution is -2.21. The predicted octanol–water partition coefficient (Wildman–Crippen LogP) is 0.895. The molecule has 0 aliphatic rings. The van der Waals surface area contributed by atoms with E-state index in [-0.39, 0.29) is 17.9 Å². The van der Waals surface area contributed by atoms with E-state index in [1.54, 1.807) is 24.1 Å². The number of likely N-dealkylation sites (N-methyl/N-ethyl adjacent to an activating group) is 1. The van der Waals surface area contributed by atoms with Gasteiger partial charge in [-0.3, -0.25) is 10.1 Å². The standard InChI is InChI=1S/C10H11N3O3/c1-12(4-5-14)9-3-2-8(7-11)10(6-9)13(15)16/h2-3,6,14H,4-5H2,1H3. The van der Waals surface area contributed by atoms with E-state index in [0.717, 1.165) is 0 Å². The Morgan fingerprint density at radius 2 is 2.31 bits per heavy atom. The average molecular weight is 221 g/mol. The van der Waals surface area contributed by atoms with Gasteiger partial charge < -0.3 is 10.0 Å². The zero-order chi connectivity index (χ0) is 12.1. The van der Waals surface area contributed by atoms with Gasteiger partial charge in [0.15, 0.2) is 0 Å². The molecule has 84 valence electrons. The van der Waals surface area contributed by atoms with Gasteiger partial charge in [0, 0.05) is 25.3 Å². The van der Waals surface area contributed by atoms with Crippen LogP contribution in [0.5, 0.6) is 0 Å². The molecule has 1 aromatic rings. The number of aliphatic hydroxyl groups is 1. The van der Waals surface area contributed by atoms with E-state index in [1.807, 2.05) is 0 Å². The number of nitro groups is 1. The van der Waals surface area contributed by atoms with Gasteiger partial charge in [0.05, 0.1) is 11.5 Å². The summed E-state index contributed by atoms with van der Waals surface area (Å²) in [7, 11) is 1.71. The molecule has 6 nitrogen and oxygen atoms in total. The monoisotopic (exact) mass is 221 g/mol. The van der Waals surface area contributed by atoms with Crippen LogP contribution >= 0.6 is 0 Å². The van der Waals surface area contributed by atoms with Gasteiger partial charge in [-0.1, -0.05) is 0 Å². The van der Waals surface area contributed by atoms with Crippen molar-refractivity contribution in [2.45, 2.75) is 0 Å². The molecule has 0 unspecified atom stereocenters. The number of nitriles is 1. The Morgan fingerprint density at radius 1 is 1.62 bits per heavy atom. The summed E-state index contributed by atoms with van der Waals surface area (Å²) >= 11 is 0. The Bertz CT molecular complexity index is 439. The number of hydrogen-bond acceptors (Lipinski definition) is 5. The topological polar surface area (TPSA) is 90.4 Å². The van der Waals surface area contributed by atoms with Gasteiger partial charge in [0.2, 0.25) is 0 Å². The maximum Gasteiger partial charge on any atom is 0.289 e. The van der Waals surface area contributed by atoms with E-state index in [0.29, 0.717) is 12.2 Å². The van der Waals surface area contributed by atoms with Gasteiger partial charge in [0.25, 0.3) is 5.69 Å². The van der Waals surface area contributed by atoms with Crippen LogP contribution in [0, 0.1) is 21.4 Å². The molecule has 1 aromatic carbocycles. The van der Waals surface area contributed by atoms with Crippen molar-refractivity contribution in [3.05, 3.63) is 33.9 Å². The number of hydrogen-bond donors (Lipinski definition) is 1. The molecule has 0 bridgehead atoms. The minimum Gasteiger partial charge on any atom is -0.395 e. The van der Waals surface area contributed by atoms with E-state index >= 15 is 0 Å². The van der Waals surface area contributed by atoms with Crippen molar-refractivity contribution >= 4 is 11.4 Å². The van der Waals surface area contributed by atoms with Crippen LogP contribution in [-0.2, 0) is 0 Å². The summed E-state index contributed by atoms with van der Waals surface area (Å²) in [6.45, 7) is 0.341. The second kappa shape index (κ2) is 5.09. The number of rotatable bonds is 4. The number of aliphatic hydroxyl groups excluding tert-OH is 1. The van der Waals surface area contributed by atoms with E-state index in [1.165, 1.54) is 12.1 Å². The predicted molar refractivity (Wildman–Crippen MR) is 58.2 cm³/mol. The molecular weight excluding hydrogens is 210 g/mol. The second-order valence-electron chi connectivity index (χ2n) is 3.22. The highest BCUT2D eigenvalue weighted by Crippen LogP contribution is 2.24. The van der Waals surface area contributed by atoms with Crippen molar-refractivity contribution in [1.29, 1.82) is 5.26 Å². The number of nitrogens with zero attached hydrogens (tertiary/aromatic N) is 3. The quantitative estimate of drug-likeness (QED) is 0.602. The third-order valence-electron chi connectivity index (χ3n) is 2.17. The normalized spacial score (nSPS) is 9.56. The Hall–Kier alpha value is -2.13. The lowest BCUT2D eigenvalue weighted by molar-refractivity contribution is -0.385. The molecule has 1 N–H and O–H groups in total. The van der Waals surface area contributed by atoms with Crippen molar-refractivity contribution in [1.82, 2.24) is 0 Å². The van der Waals surface area contributed by atoms with Gasteiger partial charge in [-0.25, -0.2) is 0 Å². The molecule has 0 saturated carbocycles. The Morgan fingerprint density at radius 3 is 2.81 bits per heavy atom. The minimum absolute atomic E-state index is 0.0335. The molecule has 0 aliphatic carbocycles. The van der Waals surface area contributed by atoms with Crippen molar-refractivity contribution in [3.8, 4) is 6.07 Å². The van der Waals surface area contributed by atoms with E-state index in [4.69, 9.17) is 10.4 Å². The smallest absolute Gasteiger partial charge is 0.289 e. The molecular formula is C10H11N3O3. The number of benzene rings is 1. The fourth-order valence-corrected chi connectivity index (χ4v) is 1.28. The molecule has 0 saturated heterocycles. The van der Waals surface area contributed by atoms with Crippen LogP contribution < -0.4 is 4.90 Å². The molecule has 0 radical (unpaired) electrons. The summed E-state index contributed by atoms with van der Waals surface area (Å²) in [5.74, 6) is 0. The average Bonchev–Trinajstić information content (AvgIpc) is 2.28. The Balaban J connectivity index is 3.13.